The Morgan fingerprint density at radius 3 is 2.58 bits per heavy atom. The molecule has 2 atom stereocenters. The van der Waals surface area contributed by atoms with E-state index in [0.29, 0.717) is 16.2 Å². The molecule has 98 valence electrons. The number of nitrogens with zero attached hydrogens (tertiary/aromatic N) is 1. The van der Waals surface area contributed by atoms with Crippen LogP contribution in [0, 0.1) is 28.6 Å². The number of nitriles is 1. The molecule has 1 fully saturated rings. The predicted octanol–water partition coefficient (Wildman–Crippen LogP) is 3.60. The molecule has 0 radical (unpaired) electrons. The van der Waals surface area contributed by atoms with Gasteiger partial charge in [-0.25, -0.2) is 0 Å². The molecule has 0 bridgehead atoms. The lowest BCUT2D eigenvalue weighted by Gasteiger charge is -2.02. The average molecular weight is 276 g/mol. The van der Waals surface area contributed by atoms with E-state index in [1.807, 2.05) is 13.8 Å². The van der Waals surface area contributed by atoms with Crippen molar-refractivity contribution in [3.63, 3.8) is 0 Å². The standard InChI is InChI=1S/C15H14ClNO2/c1-15(2)11(13(15)14(18)19)7-9(8-17)10-5-3-4-6-12(10)16/h3-7,11,13H,1-2H3,(H,18,19)/b9-7+. The normalized spacial score (nSPS) is 24.6. The van der Waals surface area contributed by atoms with Crippen LogP contribution in [0.15, 0.2) is 30.3 Å². The summed E-state index contributed by atoms with van der Waals surface area (Å²) in [5, 5.41) is 18.9. The first kappa shape index (κ1) is 13.6. The lowest BCUT2D eigenvalue weighted by molar-refractivity contribution is -0.139. The van der Waals surface area contributed by atoms with E-state index in [-0.39, 0.29) is 11.3 Å². The third kappa shape index (κ3) is 2.36. The van der Waals surface area contributed by atoms with Gasteiger partial charge in [-0.1, -0.05) is 49.7 Å². The zero-order valence-corrected chi connectivity index (χ0v) is 11.5. The van der Waals surface area contributed by atoms with Crippen LogP contribution in [-0.2, 0) is 4.79 Å². The quantitative estimate of drug-likeness (QED) is 0.857. The molecule has 1 saturated carbocycles. The number of hydrogen-bond acceptors (Lipinski definition) is 2. The van der Waals surface area contributed by atoms with Gasteiger partial charge in [0.15, 0.2) is 0 Å². The van der Waals surface area contributed by atoms with Crippen molar-refractivity contribution in [3.8, 4) is 6.07 Å². The molecule has 0 aliphatic heterocycles. The Hall–Kier alpha value is -1.79. The third-order valence-electron chi connectivity index (χ3n) is 3.81. The van der Waals surface area contributed by atoms with Gasteiger partial charge in [0.2, 0.25) is 0 Å². The van der Waals surface area contributed by atoms with Crippen LogP contribution in [0.4, 0.5) is 0 Å². The van der Waals surface area contributed by atoms with Crippen molar-refractivity contribution in [1.29, 1.82) is 5.26 Å². The fraction of sp³-hybridized carbons (Fsp3) is 0.333. The molecule has 1 aliphatic rings. The van der Waals surface area contributed by atoms with Crippen molar-refractivity contribution >= 4 is 23.1 Å². The van der Waals surface area contributed by atoms with Gasteiger partial charge >= 0.3 is 5.97 Å². The topological polar surface area (TPSA) is 61.1 Å². The second kappa shape index (κ2) is 4.71. The van der Waals surface area contributed by atoms with Crippen molar-refractivity contribution in [2.45, 2.75) is 13.8 Å². The minimum atomic E-state index is -0.817. The average Bonchev–Trinajstić information content (AvgIpc) is 2.89. The zero-order valence-electron chi connectivity index (χ0n) is 10.7. The maximum atomic E-state index is 11.1. The Balaban J connectivity index is 2.36. The summed E-state index contributed by atoms with van der Waals surface area (Å²) in [7, 11) is 0. The monoisotopic (exact) mass is 275 g/mol. The van der Waals surface area contributed by atoms with Crippen molar-refractivity contribution < 1.29 is 9.90 Å². The summed E-state index contributed by atoms with van der Waals surface area (Å²) in [5.41, 5.74) is 0.778. The molecule has 0 amide bonds. The highest BCUT2D eigenvalue weighted by Crippen LogP contribution is 2.59. The number of aliphatic carboxylic acids is 1. The van der Waals surface area contributed by atoms with E-state index < -0.39 is 11.9 Å². The molecular weight excluding hydrogens is 262 g/mol. The second-order valence-electron chi connectivity index (χ2n) is 5.34. The van der Waals surface area contributed by atoms with Gasteiger partial charge in [-0.2, -0.15) is 5.26 Å². The van der Waals surface area contributed by atoms with Crippen molar-refractivity contribution in [2.24, 2.45) is 17.3 Å². The van der Waals surface area contributed by atoms with Gasteiger partial charge in [0, 0.05) is 10.6 Å². The summed E-state index contributed by atoms with van der Waals surface area (Å²) in [6.07, 6.45) is 1.74. The maximum Gasteiger partial charge on any atom is 0.307 e. The summed E-state index contributed by atoms with van der Waals surface area (Å²) in [6.45, 7) is 3.79. The molecule has 1 aromatic rings. The van der Waals surface area contributed by atoms with Crippen LogP contribution in [0.2, 0.25) is 5.02 Å². The van der Waals surface area contributed by atoms with E-state index in [4.69, 9.17) is 16.7 Å². The molecule has 1 N–H and O–H groups in total. The van der Waals surface area contributed by atoms with Gasteiger partial charge in [-0.05, 0) is 17.4 Å². The van der Waals surface area contributed by atoms with Gasteiger partial charge in [0.25, 0.3) is 0 Å². The molecule has 0 heterocycles. The highest BCUT2D eigenvalue weighted by Gasteiger charge is 2.61. The summed E-state index contributed by atoms with van der Waals surface area (Å²) >= 11 is 6.06. The minimum absolute atomic E-state index is 0.129. The first-order valence-corrected chi connectivity index (χ1v) is 6.37. The first-order chi connectivity index (χ1) is 8.89. The molecule has 1 aliphatic carbocycles. The van der Waals surface area contributed by atoms with Crippen LogP contribution in [0.5, 0.6) is 0 Å². The van der Waals surface area contributed by atoms with E-state index in [1.165, 1.54) is 0 Å². The zero-order chi connectivity index (χ0) is 14.2. The van der Waals surface area contributed by atoms with E-state index in [1.54, 1.807) is 30.3 Å². The van der Waals surface area contributed by atoms with E-state index in [2.05, 4.69) is 6.07 Å². The Morgan fingerprint density at radius 2 is 2.11 bits per heavy atom. The van der Waals surface area contributed by atoms with Gasteiger partial charge in [0.1, 0.15) is 0 Å². The van der Waals surface area contributed by atoms with Gasteiger partial charge < -0.3 is 5.11 Å². The third-order valence-corrected chi connectivity index (χ3v) is 4.14. The summed E-state index contributed by atoms with van der Waals surface area (Å²) < 4.78 is 0. The summed E-state index contributed by atoms with van der Waals surface area (Å²) in [6, 6.07) is 9.19. The second-order valence-corrected chi connectivity index (χ2v) is 5.74. The van der Waals surface area contributed by atoms with Gasteiger partial charge in [-0.15, -0.1) is 0 Å². The molecule has 4 heteroatoms. The molecule has 19 heavy (non-hydrogen) atoms. The highest BCUT2D eigenvalue weighted by atomic mass is 35.5. The molecule has 0 spiro atoms. The SMILES string of the molecule is CC1(C)C(/C=C(\C#N)c2ccccc2Cl)C1C(=O)O. The van der Waals surface area contributed by atoms with Gasteiger partial charge in [0.05, 0.1) is 17.6 Å². The maximum absolute atomic E-state index is 11.1. The Labute approximate surface area is 117 Å². The lowest BCUT2D eigenvalue weighted by Crippen LogP contribution is -2.03. The van der Waals surface area contributed by atoms with Crippen molar-refractivity contribution in [1.82, 2.24) is 0 Å². The van der Waals surface area contributed by atoms with E-state index in [0.717, 1.165) is 0 Å². The fourth-order valence-electron chi connectivity index (χ4n) is 2.51. The first-order valence-electron chi connectivity index (χ1n) is 5.99. The largest absolute Gasteiger partial charge is 0.481 e. The molecule has 2 rings (SSSR count). The number of carbonyl (C=O) groups is 1. The van der Waals surface area contributed by atoms with Crippen LogP contribution in [0.3, 0.4) is 0 Å². The Kier molecular flexibility index (Phi) is 3.38. The number of benzene rings is 1. The predicted molar refractivity (Wildman–Crippen MR) is 73.4 cm³/mol. The molecule has 2 unspecified atom stereocenters. The Morgan fingerprint density at radius 1 is 1.47 bits per heavy atom. The van der Waals surface area contributed by atoms with Crippen LogP contribution >= 0.6 is 11.6 Å². The number of carboxylic acid groups (broad SMARTS) is 1. The number of allylic oxidation sites excluding steroid dienone is 2. The molecule has 0 saturated heterocycles. The lowest BCUT2D eigenvalue weighted by atomic mass is 10.0. The van der Waals surface area contributed by atoms with E-state index in [9.17, 15) is 10.1 Å². The molecule has 0 aromatic heterocycles. The minimum Gasteiger partial charge on any atom is -0.481 e. The Bertz CT molecular complexity index is 598. The number of carboxylic acids is 1. The van der Waals surface area contributed by atoms with Crippen molar-refractivity contribution in [2.75, 3.05) is 0 Å². The molecule has 3 nitrogen and oxygen atoms in total. The van der Waals surface area contributed by atoms with Crippen molar-refractivity contribution in [3.05, 3.63) is 40.9 Å². The van der Waals surface area contributed by atoms with Crippen LogP contribution in [0.25, 0.3) is 5.57 Å². The van der Waals surface area contributed by atoms with Crippen LogP contribution in [0.1, 0.15) is 19.4 Å². The van der Waals surface area contributed by atoms with Gasteiger partial charge in [-0.3, -0.25) is 4.79 Å². The summed E-state index contributed by atoms with van der Waals surface area (Å²) in [5.74, 6) is -1.38. The fourth-order valence-corrected chi connectivity index (χ4v) is 2.74. The number of rotatable bonds is 3. The number of hydrogen-bond donors (Lipinski definition) is 1. The highest BCUT2D eigenvalue weighted by molar-refractivity contribution is 6.32. The summed E-state index contributed by atoms with van der Waals surface area (Å²) in [4.78, 5) is 11.1. The van der Waals surface area contributed by atoms with E-state index >= 15 is 0 Å². The number of halogens is 1. The molecular formula is C15H14ClNO2. The van der Waals surface area contributed by atoms with Crippen LogP contribution in [-0.4, -0.2) is 11.1 Å². The smallest absolute Gasteiger partial charge is 0.307 e. The van der Waals surface area contributed by atoms with Crippen LogP contribution < -0.4 is 0 Å². The molecule has 1 aromatic carbocycles.